The van der Waals surface area contributed by atoms with Crippen molar-refractivity contribution in [1.82, 2.24) is 5.48 Å². The highest BCUT2D eigenvalue weighted by Gasteiger charge is 2.21. The number of benzene rings is 1. The van der Waals surface area contributed by atoms with E-state index in [-0.39, 0.29) is 16.8 Å². The highest BCUT2D eigenvalue weighted by atomic mass is 79.9. The molecule has 0 bridgehead atoms. The largest absolute Gasteiger partial charge is 0.486 e. The molecule has 0 fully saturated rings. The summed E-state index contributed by atoms with van der Waals surface area (Å²) in [5, 5.41) is 0. The lowest BCUT2D eigenvalue weighted by Gasteiger charge is -2.21. The molecule has 2 rings (SSSR count). The fourth-order valence-corrected chi connectivity index (χ4v) is 2.02. The summed E-state index contributed by atoms with van der Waals surface area (Å²) in [5.74, 6) is 0.603. The van der Waals surface area contributed by atoms with Gasteiger partial charge in [-0.15, -0.1) is 0 Å². The van der Waals surface area contributed by atoms with E-state index in [1.54, 1.807) is 6.07 Å². The van der Waals surface area contributed by atoms with Gasteiger partial charge in [-0.05, 0) is 22.0 Å². The van der Waals surface area contributed by atoms with Crippen LogP contribution in [0.3, 0.4) is 0 Å². The Balaban J connectivity index is 2.36. The average Bonchev–Trinajstić information content (AvgIpc) is 2.32. The molecule has 4 nitrogen and oxygen atoms in total. The third-order valence-corrected chi connectivity index (χ3v) is 2.91. The minimum absolute atomic E-state index is 0.261. The first-order chi connectivity index (χ1) is 7.74. The summed E-state index contributed by atoms with van der Waals surface area (Å²) in [7, 11) is 1.48. The van der Waals surface area contributed by atoms with Crippen molar-refractivity contribution < 1.29 is 18.7 Å². The number of halogens is 2. The quantitative estimate of drug-likeness (QED) is 0.865. The van der Waals surface area contributed by atoms with Gasteiger partial charge in [0.25, 0.3) is 0 Å². The molecular weight excluding hydrogens is 281 g/mol. The van der Waals surface area contributed by atoms with E-state index in [1.807, 2.05) is 0 Å². The number of nitrogens with one attached hydrogen (secondary N) is 1. The zero-order chi connectivity index (χ0) is 11.5. The van der Waals surface area contributed by atoms with Crippen molar-refractivity contribution >= 4 is 15.9 Å². The van der Waals surface area contributed by atoms with E-state index in [1.165, 1.54) is 7.11 Å². The van der Waals surface area contributed by atoms with Crippen LogP contribution in [-0.4, -0.2) is 20.3 Å². The number of hydrogen-bond acceptors (Lipinski definition) is 4. The lowest BCUT2D eigenvalue weighted by Crippen LogP contribution is -2.18. The van der Waals surface area contributed by atoms with E-state index in [0.717, 1.165) is 0 Å². The Labute approximate surface area is 101 Å². The van der Waals surface area contributed by atoms with Crippen molar-refractivity contribution in [2.45, 2.75) is 6.54 Å². The van der Waals surface area contributed by atoms with Crippen LogP contribution >= 0.6 is 15.9 Å². The number of rotatable bonds is 3. The second-order valence-corrected chi connectivity index (χ2v) is 4.01. The molecule has 16 heavy (non-hydrogen) atoms. The van der Waals surface area contributed by atoms with Gasteiger partial charge >= 0.3 is 0 Å². The summed E-state index contributed by atoms with van der Waals surface area (Å²) in [4.78, 5) is 4.68. The van der Waals surface area contributed by atoms with Crippen LogP contribution in [0.5, 0.6) is 11.5 Å². The Morgan fingerprint density at radius 2 is 2.25 bits per heavy atom. The molecule has 88 valence electrons. The van der Waals surface area contributed by atoms with Gasteiger partial charge in [-0.2, -0.15) is 5.48 Å². The van der Waals surface area contributed by atoms with Crippen LogP contribution in [0.1, 0.15) is 5.56 Å². The van der Waals surface area contributed by atoms with Crippen LogP contribution in [0.15, 0.2) is 10.5 Å². The van der Waals surface area contributed by atoms with Gasteiger partial charge in [-0.1, -0.05) is 0 Å². The predicted molar refractivity (Wildman–Crippen MR) is 58.9 cm³/mol. The molecule has 1 aliphatic heterocycles. The average molecular weight is 292 g/mol. The van der Waals surface area contributed by atoms with Crippen LogP contribution in [0.2, 0.25) is 0 Å². The summed E-state index contributed by atoms with van der Waals surface area (Å²) in [6.45, 7) is 1.17. The molecule has 0 radical (unpaired) electrons. The molecule has 1 heterocycles. The molecule has 0 aliphatic carbocycles. The fourth-order valence-electron chi connectivity index (χ4n) is 1.45. The van der Waals surface area contributed by atoms with Crippen LogP contribution in [0.4, 0.5) is 4.39 Å². The second kappa shape index (κ2) is 4.99. The van der Waals surface area contributed by atoms with Crippen molar-refractivity contribution in [3.8, 4) is 11.5 Å². The lowest BCUT2D eigenvalue weighted by molar-refractivity contribution is 0.0856. The van der Waals surface area contributed by atoms with E-state index in [2.05, 4.69) is 26.2 Å². The first kappa shape index (κ1) is 11.6. The van der Waals surface area contributed by atoms with E-state index >= 15 is 0 Å². The summed E-state index contributed by atoms with van der Waals surface area (Å²) < 4.78 is 24.8. The zero-order valence-corrected chi connectivity index (χ0v) is 10.3. The normalized spacial score (nSPS) is 13.9. The Morgan fingerprint density at radius 3 is 3.00 bits per heavy atom. The topological polar surface area (TPSA) is 39.7 Å². The van der Waals surface area contributed by atoms with Gasteiger partial charge in [0.15, 0.2) is 11.5 Å². The van der Waals surface area contributed by atoms with E-state index in [0.29, 0.717) is 30.3 Å². The number of ether oxygens (including phenoxy) is 2. The zero-order valence-electron chi connectivity index (χ0n) is 8.68. The molecule has 0 saturated carbocycles. The Bertz CT molecular complexity index is 400. The molecule has 1 aliphatic rings. The Hall–Kier alpha value is -0.850. The van der Waals surface area contributed by atoms with Crippen LogP contribution < -0.4 is 15.0 Å². The van der Waals surface area contributed by atoms with Crippen molar-refractivity contribution in [3.05, 3.63) is 21.9 Å². The van der Waals surface area contributed by atoms with Crippen LogP contribution in [-0.2, 0) is 11.4 Å². The molecule has 0 unspecified atom stereocenters. The maximum atomic E-state index is 13.8. The summed E-state index contributed by atoms with van der Waals surface area (Å²) >= 11 is 3.16. The molecule has 6 heteroatoms. The first-order valence-electron chi connectivity index (χ1n) is 4.76. The maximum Gasteiger partial charge on any atom is 0.178 e. The summed E-state index contributed by atoms with van der Waals surface area (Å²) in [6, 6.07) is 1.61. The van der Waals surface area contributed by atoms with Gasteiger partial charge in [0.05, 0.1) is 11.6 Å². The molecule has 0 atom stereocenters. The second-order valence-electron chi connectivity index (χ2n) is 3.21. The van der Waals surface area contributed by atoms with Gasteiger partial charge in [0, 0.05) is 12.1 Å². The number of fused-ring (bicyclic) bond motifs is 1. The predicted octanol–water partition coefficient (Wildman–Crippen LogP) is 2.01. The summed E-state index contributed by atoms with van der Waals surface area (Å²) in [6.07, 6.45) is 0. The Kier molecular flexibility index (Phi) is 3.63. The molecular formula is C10H11BrFNO3. The van der Waals surface area contributed by atoms with Crippen LogP contribution in [0, 0.1) is 5.82 Å². The minimum atomic E-state index is -0.367. The van der Waals surface area contributed by atoms with Crippen LogP contribution in [0.25, 0.3) is 0 Å². The van der Waals surface area contributed by atoms with Crippen molar-refractivity contribution in [3.63, 3.8) is 0 Å². The number of hydroxylamine groups is 1. The van der Waals surface area contributed by atoms with Crippen molar-refractivity contribution in [2.24, 2.45) is 0 Å². The molecule has 1 N–H and O–H groups in total. The highest BCUT2D eigenvalue weighted by Crippen LogP contribution is 2.40. The maximum absolute atomic E-state index is 13.8. The molecule has 1 aromatic rings. The van der Waals surface area contributed by atoms with E-state index < -0.39 is 0 Å². The lowest BCUT2D eigenvalue weighted by atomic mass is 10.2. The fraction of sp³-hybridized carbons (Fsp3) is 0.400. The summed E-state index contributed by atoms with van der Waals surface area (Å²) in [5.41, 5.74) is 3.04. The number of hydrogen-bond donors (Lipinski definition) is 1. The monoisotopic (exact) mass is 291 g/mol. The third kappa shape index (κ3) is 2.14. The van der Waals surface area contributed by atoms with Gasteiger partial charge < -0.3 is 14.3 Å². The first-order valence-corrected chi connectivity index (χ1v) is 5.55. The van der Waals surface area contributed by atoms with Gasteiger partial charge in [0.2, 0.25) is 0 Å². The third-order valence-electron chi connectivity index (χ3n) is 2.20. The van der Waals surface area contributed by atoms with Gasteiger partial charge in [-0.3, -0.25) is 0 Å². The molecule has 0 aromatic heterocycles. The molecule has 0 saturated heterocycles. The van der Waals surface area contributed by atoms with Crippen molar-refractivity contribution in [1.29, 1.82) is 0 Å². The molecule has 1 aromatic carbocycles. The Morgan fingerprint density at radius 1 is 1.50 bits per heavy atom. The van der Waals surface area contributed by atoms with Gasteiger partial charge in [0.1, 0.15) is 19.0 Å². The minimum Gasteiger partial charge on any atom is -0.486 e. The van der Waals surface area contributed by atoms with Gasteiger partial charge in [-0.25, -0.2) is 4.39 Å². The highest BCUT2D eigenvalue weighted by molar-refractivity contribution is 9.10. The van der Waals surface area contributed by atoms with Crippen molar-refractivity contribution in [2.75, 3.05) is 20.3 Å². The van der Waals surface area contributed by atoms with E-state index in [4.69, 9.17) is 9.47 Å². The van der Waals surface area contributed by atoms with E-state index in [9.17, 15) is 4.39 Å². The SMILES string of the molecule is CONCc1cc2c(c(Br)c1F)OCCO2. The standard InChI is InChI=1S/C10H11BrFNO3/c1-14-13-5-6-4-7-10(8(11)9(6)12)16-3-2-15-7/h4,13H,2-3,5H2,1H3. The smallest absolute Gasteiger partial charge is 0.178 e. The molecule has 0 spiro atoms. The molecule has 0 amide bonds.